The second kappa shape index (κ2) is 12.3. The molecule has 234 valence electrons. The van der Waals surface area contributed by atoms with Crippen molar-refractivity contribution in [3.63, 3.8) is 0 Å². The molecule has 2 aromatic rings. The Morgan fingerprint density at radius 2 is 1.79 bits per heavy atom. The Balaban J connectivity index is 1.62. The van der Waals surface area contributed by atoms with Gasteiger partial charge in [-0.2, -0.15) is 26.3 Å². The number of nitrogens with zero attached hydrogens (tertiary/aromatic N) is 3. The second-order valence-electron chi connectivity index (χ2n) is 10.5. The zero-order valence-electron chi connectivity index (χ0n) is 22.7. The molecule has 8 nitrogen and oxygen atoms in total. The number of allylic oxidation sites excluding steroid dienone is 1. The Bertz CT molecular complexity index is 1440. The van der Waals surface area contributed by atoms with Gasteiger partial charge in [-0.05, 0) is 43.4 Å². The van der Waals surface area contributed by atoms with Gasteiger partial charge in [0, 0.05) is 60.6 Å². The molecular weight excluding hydrogens is 592 g/mol. The van der Waals surface area contributed by atoms with Gasteiger partial charge in [0.15, 0.2) is 0 Å². The molecule has 0 spiro atoms. The van der Waals surface area contributed by atoms with Crippen molar-refractivity contribution in [3.05, 3.63) is 46.8 Å². The molecule has 1 aromatic carbocycles. The number of pyridine rings is 1. The highest BCUT2D eigenvalue weighted by Crippen LogP contribution is 2.36. The highest BCUT2D eigenvalue weighted by atomic mass is 19.4. The normalized spacial score (nSPS) is 20.5. The number of rotatable bonds is 8. The number of carbonyl (C=O) groups excluding carboxylic acids is 2. The molecule has 4 rings (SSSR count). The van der Waals surface area contributed by atoms with Gasteiger partial charge in [-0.1, -0.05) is 6.07 Å². The zero-order chi connectivity index (χ0) is 31.7. The molecule has 2 fully saturated rings. The lowest BCUT2D eigenvalue weighted by Gasteiger charge is -2.38. The summed E-state index contributed by atoms with van der Waals surface area (Å²) in [6.07, 6.45) is -10.2. The van der Waals surface area contributed by atoms with E-state index in [0.29, 0.717) is 18.9 Å². The average Bonchev–Trinajstić information content (AvgIpc) is 3.75. The van der Waals surface area contributed by atoms with Crippen molar-refractivity contribution < 1.29 is 44.7 Å². The van der Waals surface area contributed by atoms with Gasteiger partial charge in [0.1, 0.15) is 12.2 Å². The lowest BCUT2D eigenvalue weighted by molar-refractivity contribution is -0.141. The molecular formula is C27H28F8N6O2. The fourth-order valence-electron chi connectivity index (χ4n) is 4.81. The van der Waals surface area contributed by atoms with Gasteiger partial charge in [0.25, 0.3) is 12.3 Å². The molecule has 0 radical (unpaired) electrons. The van der Waals surface area contributed by atoms with E-state index in [1.807, 2.05) is 0 Å². The first-order valence-electron chi connectivity index (χ1n) is 13.2. The Morgan fingerprint density at radius 3 is 2.37 bits per heavy atom. The summed E-state index contributed by atoms with van der Waals surface area (Å²) in [5, 5.41) is 5.55. The third-order valence-corrected chi connectivity index (χ3v) is 7.03. The number of piperidine rings is 1. The zero-order valence-corrected chi connectivity index (χ0v) is 22.7. The van der Waals surface area contributed by atoms with Crippen molar-refractivity contribution in [2.75, 3.05) is 25.0 Å². The number of hydrogen-bond donors (Lipinski definition) is 3. The minimum atomic E-state index is -4.85. The van der Waals surface area contributed by atoms with E-state index in [0.717, 1.165) is 24.4 Å². The molecule has 2 heterocycles. The van der Waals surface area contributed by atoms with E-state index in [1.165, 1.54) is 11.8 Å². The highest BCUT2D eigenvalue weighted by molar-refractivity contribution is 6.13. The maximum atomic E-state index is 13.6. The summed E-state index contributed by atoms with van der Waals surface area (Å²) >= 11 is 0. The van der Waals surface area contributed by atoms with Crippen LogP contribution < -0.4 is 16.4 Å². The molecule has 0 bridgehead atoms. The number of nitrogens with two attached hydrogens (primary N) is 1. The van der Waals surface area contributed by atoms with Crippen molar-refractivity contribution in [1.29, 1.82) is 0 Å². The number of benzene rings is 1. The smallest absolute Gasteiger partial charge is 0.401 e. The number of alkyl halides is 8. The summed E-state index contributed by atoms with van der Waals surface area (Å²) in [6.45, 7) is -0.278. The predicted molar refractivity (Wildman–Crippen MR) is 141 cm³/mol. The monoisotopic (exact) mass is 620 g/mol. The van der Waals surface area contributed by atoms with Crippen molar-refractivity contribution >= 4 is 34.6 Å². The molecule has 1 aliphatic heterocycles. The lowest BCUT2D eigenvalue weighted by Crippen LogP contribution is -2.56. The van der Waals surface area contributed by atoms with Gasteiger partial charge in [0.05, 0.1) is 11.1 Å². The van der Waals surface area contributed by atoms with Crippen LogP contribution >= 0.6 is 0 Å². The van der Waals surface area contributed by atoms with Crippen LogP contribution in [0.25, 0.3) is 10.9 Å². The van der Waals surface area contributed by atoms with Crippen LogP contribution in [0.4, 0.5) is 40.8 Å². The largest absolute Gasteiger partial charge is 0.433 e. The number of carbonyl (C=O) groups is 2. The summed E-state index contributed by atoms with van der Waals surface area (Å²) in [5.74, 6) is -1.42. The van der Waals surface area contributed by atoms with Gasteiger partial charge in [-0.25, -0.2) is 13.8 Å². The van der Waals surface area contributed by atoms with Crippen molar-refractivity contribution in [1.82, 2.24) is 15.2 Å². The summed E-state index contributed by atoms with van der Waals surface area (Å²) in [7, 11) is 0. The first-order chi connectivity index (χ1) is 20.0. The minimum Gasteiger partial charge on any atom is -0.401 e. The lowest BCUT2D eigenvalue weighted by atomic mass is 9.98. The number of aliphatic imine (C=N–C) groups is 1. The molecule has 2 atom stereocenters. The minimum absolute atomic E-state index is 0.00135. The van der Waals surface area contributed by atoms with Crippen molar-refractivity contribution in [2.24, 2.45) is 16.6 Å². The van der Waals surface area contributed by atoms with E-state index < -0.39 is 60.5 Å². The number of aromatic nitrogens is 1. The second-order valence-corrected chi connectivity index (χ2v) is 10.5. The van der Waals surface area contributed by atoms with Crippen LogP contribution in [0.15, 0.2) is 40.5 Å². The molecule has 1 aromatic heterocycles. The first kappa shape index (κ1) is 31.9. The molecule has 4 N–H and O–H groups in total. The SMILES string of the molecule is CC(=O)N1C[C@@H](NC(=O)/C(C=NCC(F)(F)F)=C(/N)C2CC2)C[C@@H](Nc2cc(C(F)(F)F)nc3ccc(C(F)F)cc23)C1. The molecule has 16 heteroatoms. The number of amides is 2. The van der Waals surface area contributed by atoms with Crippen LogP contribution in [-0.4, -0.2) is 65.8 Å². The summed E-state index contributed by atoms with van der Waals surface area (Å²) in [5.41, 5.74) is 3.83. The molecule has 2 amide bonds. The Labute approximate surface area is 240 Å². The first-order valence-corrected chi connectivity index (χ1v) is 13.2. The summed E-state index contributed by atoms with van der Waals surface area (Å²) < 4.78 is 106. The van der Waals surface area contributed by atoms with E-state index in [-0.39, 0.29) is 53.3 Å². The van der Waals surface area contributed by atoms with Crippen LogP contribution in [-0.2, 0) is 15.8 Å². The maximum Gasteiger partial charge on any atom is 0.433 e. The standard InChI is InChI=1S/C27H28F8N6O2/c1-13(42)41-10-16(38-21-8-22(27(33,34)35)40-20-5-4-15(24(28)29)6-18(20)21)7-17(11-41)39-25(43)19(23(36)14-2-3-14)9-37-12-26(30,31)32/h4-6,8-9,14,16-17,24H,2-3,7,10-12,36H2,1H3,(H,38,40)(H,39,43)/b23-19+,37-9?/t16-,17+/m1/s1. The third-order valence-electron chi connectivity index (χ3n) is 7.03. The van der Waals surface area contributed by atoms with Crippen LogP contribution in [0.1, 0.15) is 43.9 Å². The van der Waals surface area contributed by atoms with Crippen LogP contribution in [0.2, 0.25) is 0 Å². The Hall–Kier alpha value is -3.98. The molecule has 2 aliphatic rings. The molecule has 1 saturated carbocycles. The average molecular weight is 621 g/mol. The van der Waals surface area contributed by atoms with E-state index in [1.54, 1.807) is 0 Å². The van der Waals surface area contributed by atoms with Crippen LogP contribution in [0.3, 0.4) is 0 Å². The number of likely N-dealkylation sites (tertiary alicyclic amines) is 1. The Morgan fingerprint density at radius 1 is 1.12 bits per heavy atom. The fourth-order valence-corrected chi connectivity index (χ4v) is 4.81. The number of halogens is 8. The van der Waals surface area contributed by atoms with E-state index in [9.17, 15) is 44.7 Å². The summed E-state index contributed by atoms with van der Waals surface area (Å²) in [4.78, 5) is 33.7. The summed E-state index contributed by atoms with van der Waals surface area (Å²) in [6, 6.07) is 2.18. The van der Waals surface area contributed by atoms with Gasteiger partial charge >= 0.3 is 12.4 Å². The molecule has 1 saturated heterocycles. The van der Waals surface area contributed by atoms with Gasteiger partial charge in [-0.3, -0.25) is 14.6 Å². The molecule has 43 heavy (non-hydrogen) atoms. The van der Waals surface area contributed by atoms with Crippen LogP contribution in [0.5, 0.6) is 0 Å². The number of anilines is 1. The number of nitrogens with one attached hydrogen (secondary N) is 2. The van der Waals surface area contributed by atoms with Gasteiger partial charge < -0.3 is 21.3 Å². The topological polar surface area (TPSA) is 113 Å². The number of fused-ring (bicyclic) bond motifs is 1. The number of hydrogen-bond acceptors (Lipinski definition) is 6. The molecule has 1 aliphatic carbocycles. The van der Waals surface area contributed by atoms with E-state index in [4.69, 9.17) is 5.73 Å². The van der Waals surface area contributed by atoms with E-state index >= 15 is 0 Å². The quantitative estimate of drug-likeness (QED) is 0.219. The van der Waals surface area contributed by atoms with Gasteiger partial charge in [-0.15, -0.1) is 0 Å². The van der Waals surface area contributed by atoms with Crippen LogP contribution in [0, 0.1) is 5.92 Å². The molecule has 0 unspecified atom stereocenters. The van der Waals surface area contributed by atoms with Crippen molar-refractivity contribution in [2.45, 2.75) is 57.0 Å². The van der Waals surface area contributed by atoms with E-state index in [2.05, 4.69) is 20.6 Å². The van der Waals surface area contributed by atoms with Gasteiger partial charge in [0.2, 0.25) is 5.91 Å². The fraction of sp³-hybridized carbons (Fsp3) is 0.481. The Kier molecular flexibility index (Phi) is 9.16. The predicted octanol–water partition coefficient (Wildman–Crippen LogP) is 4.96. The maximum absolute atomic E-state index is 13.6. The van der Waals surface area contributed by atoms with Crippen molar-refractivity contribution in [3.8, 4) is 0 Å². The highest BCUT2D eigenvalue weighted by Gasteiger charge is 2.36. The third kappa shape index (κ3) is 8.32.